The lowest BCUT2D eigenvalue weighted by Crippen LogP contribution is -2.08. The van der Waals surface area contributed by atoms with Crippen molar-refractivity contribution in [3.63, 3.8) is 0 Å². The summed E-state index contributed by atoms with van der Waals surface area (Å²) in [7, 11) is 0. The van der Waals surface area contributed by atoms with E-state index in [9.17, 15) is 4.79 Å². The van der Waals surface area contributed by atoms with Crippen LogP contribution in [0.15, 0.2) is 13.6 Å². The molecule has 0 radical (unpaired) electrons. The van der Waals surface area contributed by atoms with Crippen molar-refractivity contribution in [2.75, 3.05) is 13.2 Å². The summed E-state index contributed by atoms with van der Waals surface area (Å²) in [4.78, 5) is 10.1. The second-order valence-corrected chi connectivity index (χ2v) is 6.30. The first-order valence-electron chi connectivity index (χ1n) is 3.83. The minimum Gasteiger partial charge on any atom is -0.480 e. The molecule has 1 N–H and O–H groups in total. The van der Waals surface area contributed by atoms with Gasteiger partial charge in [-0.25, -0.2) is 4.79 Å². The molecule has 1 aromatic heterocycles. The predicted octanol–water partition coefficient (Wildman–Crippen LogP) is 2.92. The molecule has 6 heteroatoms. The maximum atomic E-state index is 10.1. The van der Waals surface area contributed by atoms with Gasteiger partial charge in [0.2, 0.25) is 0 Å². The van der Waals surface area contributed by atoms with E-state index in [0.717, 1.165) is 19.6 Å². The van der Waals surface area contributed by atoms with Crippen molar-refractivity contribution in [2.24, 2.45) is 0 Å². The Bertz CT molecular complexity index is 324. The molecule has 0 bridgehead atoms. The van der Waals surface area contributed by atoms with E-state index < -0.39 is 5.97 Å². The van der Waals surface area contributed by atoms with Crippen LogP contribution in [0.3, 0.4) is 0 Å². The van der Waals surface area contributed by atoms with Gasteiger partial charge in [-0.05, 0) is 49.9 Å². The van der Waals surface area contributed by atoms with Crippen LogP contribution in [0, 0.1) is 0 Å². The van der Waals surface area contributed by atoms with E-state index in [-0.39, 0.29) is 6.61 Å². The Hall–Kier alpha value is 0.0900. The van der Waals surface area contributed by atoms with Gasteiger partial charge in [-0.1, -0.05) is 0 Å². The molecule has 0 atom stereocenters. The van der Waals surface area contributed by atoms with E-state index in [1.807, 2.05) is 6.07 Å². The van der Waals surface area contributed by atoms with Gasteiger partial charge in [-0.2, -0.15) is 0 Å². The van der Waals surface area contributed by atoms with Gasteiger partial charge in [0.25, 0.3) is 0 Å². The highest BCUT2D eigenvalue weighted by Gasteiger charge is 2.05. The SMILES string of the molecule is O=C(O)COCCc1cc(Br)sc1Br. The van der Waals surface area contributed by atoms with Crippen LogP contribution in [0.4, 0.5) is 0 Å². The molecule has 3 nitrogen and oxygen atoms in total. The molecule has 0 amide bonds. The third kappa shape index (κ3) is 4.08. The first-order valence-corrected chi connectivity index (χ1v) is 6.23. The van der Waals surface area contributed by atoms with Crippen molar-refractivity contribution >= 4 is 49.2 Å². The van der Waals surface area contributed by atoms with Crippen LogP contribution in [0.2, 0.25) is 0 Å². The van der Waals surface area contributed by atoms with Crippen LogP contribution in [-0.2, 0) is 16.0 Å². The number of aliphatic carboxylic acids is 1. The molecule has 0 saturated heterocycles. The highest BCUT2D eigenvalue weighted by atomic mass is 79.9. The lowest BCUT2D eigenvalue weighted by Gasteiger charge is -1.99. The molecular weight excluding hydrogens is 336 g/mol. The monoisotopic (exact) mass is 342 g/mol. The number of carbonyl (C=O) groups is 1. The molecular formula is C8H8Br2O3S. The summed E-state index contributed by atoms with van der Waals surface area (Å²) < 4.78 is 7.04. The Morgan fingerprint density at radius 2 is 2.29 bits per heavy atom. The van der Waals surface area contributed by atoms with Crippen molar-refractivity contribution < 1.29 is 14.6 Å². The highest BCUT2D eigenvalue weighted by Crippen LogP contribution is 2.31. The highest BCUT2D eigenvalue weighted by molar-refractivity contribution is 9.12. The van der Waals surface area contributed by atoms with Crippen LogP contribution in [0.5, 0.6) is 0 Å². The van der Waals surface area contributed by atoms with E-state index >= 15 is 0 Å². The van der Waals surface area contributed by atoms with E-state index in [0.29, 0.717) is 6.61 Å². The molecule has 0 fully saturated rings. The van der Waals surface area contributed by atoms with Crippen LogP contribution in [-0.4, -0.2) is 24.3 Å². The van der Waals surface area contributed by atoms with E-state index in [1.165, 1.54) is 0 Å². The fraction of sp³-hybridized carbons (Fsp3) is 0.375. The quantitative estimate of drug-likeness (QED) is 0.836. The molecule has 0 saturated carbocycles. The molecule has 1 aromatic rings. The van der Waals surface area contributed by atoms with Gasteiger partial charge in [-0.15, -0.1) is 11.3 Å². The van der Waals surface area contributed by atoms with E-state index in [1.54, 1.807) is 11.3 Å². The van der Waals surface area contributed by atoms with Gasteiger partial charge in [0, 0.05) is 0 Å². The molecule has 0 aliphatic heterocycles. The Balaban J connectivity index is 2.31. The lowest BCUT2D eigenvalue weighted by atomic mass is 10.3. The van der Waals surface area contributed by atoms with Gasteiger partial charge >= 0.3 is 5.97 Å². The van der Waals surface area contributed by atoms with Gasteiger partial charge < -0.3 is 9.84 Å². The fourth-order valence-corrected chi connectivity index (χ4v) is 3.80. The average Bonchev–Trinajstić information content (AvgIpc) is 2.39. The summed E-state index contributed by atoms with van der Waals surface area (Å²) in [5, 5.41) is 8.33. The Morgan fingerprint density at radius 3 is 2.79 bits per heavy atom. The minimum absolute atomic E-state index is 0.233. The number of thiophene rings is 1. The van der Waals surface area contributed by atoms with Crippen molar-refractivity contribution in [3.05, 3.63) is 19.2 Å². The van der Waals surface area contributed by atoms with Crippen LogP contribution >= 0.6 is 43.2 Å². The summed E-state index contributed by atoms with van der Waals surface area (Å²) in [6, 6.07) is 2.00. The molecule has 0 aromatic carbocycles. The number of halogens is 2. The van der Waals surface area contributed by atoms with Gasteiger partial charge in [0.05, 0.1) is 14.2 Å². The molecule has 0 unspecified atom stereocenters. The first kappa shape index (κ1) is 12.2. The van der Waals surface area contributed by atoms with Crippen LogP contribution in [0.25, 0.3) is 0 Å². The average molecular weight is 344 g/mol. The third-order valence-electron chi connectivity index (χ3n) is 1.47. The second kappa shape index (κ2) is 5.85. The second-order valence-electron chi connectivity index (χ2n) is 2.55. The topological polar surface area (TPSA) is 46.5 Å². The largest absolute Gasteiger partial charge is 0.480 e. The van der Waals surface area contributed by atoms with Crippen molar-refractivity contribution in [3.8, 4) is 0 Å². The molecule has 1 heterocycles. The molecule has 14 heavy (non-hydrogen) atoms. The zero-order valence-corrected chi connectivity index (χ0v) is 11.1. The zero-order chi connectivity index (χ0) is 10.6. The number of hydrogen-bond donors (Lipinski definition) is 1. The summed E-state index contributed by atoms with van der Waals surface area (Å²) in [5.74, 6) is -0.935. The number of hydrogen-bond acceptors (Lipinski definition) is 3. The number of carboxylic acids is 1. The fourth-order valence-electron chi connectivity index (χ4n) is 0.886. The molecule has 78 valence electrons. The van der Waals surface area contributed by atoms with Crippen molar-refractivity contribution in [1.29, 1.82) is 0 Å². The van der Waals surface area contributed by atoms with Crippen LogP contribution in [0.1, 0.15) is 5.56 Å². The van der Waals surface area contributed by atoms with E-state index in [4.69, 9.17) is 9.84 Å². The summed E-state index contributed by atoms with van der Waals surface area (Å²) in [6.07, 6.45) is 0.718. The van der Waals surface area contributed by atoms with Crippen LogP contribution < -0.4 is 0 Å². The Kier molecular flexibility index (Phi) is 5.08. The minimum atomic E-state index is -0.935. The lowest BCUT2D eigenvalue weighted by molar-refractivity contribution is -0.142. The third-order valence-corrected chi connectivity index (χ3v) is 3.93. The maximum absolute atomic E-state index is 10.1. The Morgan fingerprint density at radius 1 is 1.57 bits per heavy atom. The number of rotatable bonds is 5. The summed E-state index contributed by atoms with van der Waals surface area (Å²) >= 11 is 8.38. The number of ether oxygens (including phenoxy) is 1. The zero-order valence-electron chi connectivity index (χ0n) is 7.13. The van der Waals surface area contributed by atoms with Gasteiger partial charge in [0.1, 0.15) is 6.61 Å². The van der Waals surface area contributed by atoms with Crippen molar-refractivity contribution in [2.45, 2.75) is 6.42 Å². The first-order chi connectivity index (χ1) is 6.59. The molecule has 0 aliphatic rings. The number of carboxylic acid groups (broad SMARTS) is 1. The normalized spacial score (nSPS) is 10.4. The summed E-state index contributed by atoms with van der Waals surface area (Å²) in [5.41, 5.74) is 1.13. The Labute approximate surface area is 102 Å². The standard InChI is InChI=1S/C8H8Br2O3S/c9-6-3-5(8(10)14-6)1-2-13-4-7(11)12/h3H,1-2,4H2,(H,11,12). The molecule has 0 aliphatic carbocycles. The van der Waals surface area contributed by atoms with Crippen molar-refractivity contribution in [1.82, 2.24) is 0 Å². The van der Waals surface area contributed by atoms with Gasteiger partial charge in [0.15, 0.2) is 0 Å². The summed E-state index contributed by atoms with van der Waals surface area (Å²) in [6.45, 7) is 0.191. The molecule has 0 spiro atoms. The predicted molar refractivity (Wildman–Crippen MR) is 61.9 cm³/mol. The maximum Gasteiger partial charge on any atom is 0.329 e. The van der Waals surface area contributed by atoms with E-state index in [2.05, 4.69) is 31.9 Å². The smallest absolute Gasteiger partial charge is 0.329 e. The molecule has 1 rings (SSSR count). The van der Waals surface area contributed by atoms with Gasteiger partial charge in [-0.3, -0.25) is 0 Å².